The molecule has 0 aromatic heterocycles. The zero-order valence-corrected chi connectivity index (χ0v) is 9.77. The van der Waals surface area contributed by atoms with Crippen LogP contribution in [0, 0.1) is 5.92 Å². The first-order valence-corrected chi connectivity index (χ1v) is 7.18. The van der Waals surface area contributed by atoms with E-state index in [4.69, 9.17) is 0 Å². The second-order valence-corrected chi connectivity index (χ2v) is 6.32. The summed E-state index contributed by atoms with van der Waals surface area (Å²) in [4.78, 5) is 11.3. The molecule has 0 aromatic rings. The van der Waals surface area contributed by atoms with Gasteiger partial charge in [0, 0.05) is 19.2 Å². The molecule has 5 nitrogen and oxygen atoms in total. The Hall–Kier alpha value is -0.620. The Morgan fingerprint density at radius 1 is 1.47 bits per heavy atom. The summed E-state index contributed by atoms with van der Waals surface area (Å²) in [5.41, 5.74) is 0. The first kappa shape index (κ1) is 12.4. The largest absolute Gasteiger partial charge is 0.356 e. The number of nitrogens with one attached hydrogen (secondary N) is 2. The minimum atomic E-state index is -2.90. The van der Waals surface area contributed by atoms with Crippen LogP contribution in [0.4, 0.5) is 0 Å². The summed E-state index contributed by atoms with van der Waals surface area (Å²) in [7, 11) is -2.90. The van der Waals surface area contributed by atoms with Gasteiger partial charge in [-0.25, -0.2) is 8.42 Å². The first-order chi connectivity index (χ1) is 6.97. The quantitative estimate of drug-likeness (QED) is 0.587. The van der Waals surface area contributed by atoms with Crippen molar-refractivity contribution >= 4 is 15.7 Å². The summed E-state index contributed by atoms with van der Waals surface area (Å²) in [6.07, 6.45) is 2.24. The Bertz CT molecular complexity index is 309. The minimum Gasteiger partial charge on any atom is -0.356 e. The molecule has 0 atom stereocenters. The number of hydrogen-bond donors (Lipinski definition) is 2. The van der Waals surface area contributed by atoms with E-state index in [1.165, 1.54) is 6.26 Å². The van der Waals surface area contributed by atoms with E-state index in [2.05, 4.69) is 10.6 Å². The molecule has 0 aromatic carbocycles. The van der Waals surface area contributed by atoms with Gasteiger partial charge in [-0.3, -0.25) is 4.79 Å². The highest BCUT2D eigenvalue weighted by atomic mass is 32.2. The second kappa shape index (κ2) is 5.46. The number of sulfone groups is 1. The van der Waals surface area contributed by atoms with Gasteiger partial charge in [0.2, 0.25) is 5.91 Å². The van der Waals surface area contributed by atoms with Gasteiger partial charge in [-0.15, -0.1) is 0 Å². The van der Waals surface area contributed by atoms with E-state index in [0.717, 1.165) is 13.1 Å². The van der Waals surface area contributed by atoms with Crippen molar-refractivity contribution in [3.8, 4) is 0 Å². The van der Waals surface area contributed by atoms with Gasteiger partial charge >= 0.3 is 0 Å². The van der Waals surface area contributed by atoms with Crippen LogP contribution in [0.1, 0.15) is 12.8 Å². The van der Waals surface area contributed by atoms with Gasteiger partial charge in [0.25, 0.3) is 0 Å². The molecule has 0 radical (unpaired) electrons. The lowest BCUT2D eigenvalue weighted by Gasteiger charge is -2.26. The summed E-state index contributed by atoms with van der Waals surface area (Å²) in [5, 5.41) is 5.82. The molecule has 1 amide bonds. The van der Waals surface area contributed by atoms with Gasteiger partial charge in [-0.2, -0.15) is 0 Å². The van der Waals surface area contributed by atoms with E-state index >= 15 is 0 Å². The third kappa shape index (κ3) is 5.74. The SMILES string of the molecule is CS(=O)(=O)CCCNC(=O)CC1CNC1. The van der Waals surface area contributed by atoms with Crippen LogP contribution >= 0.6 is 0 Å². The Balaban J connectivity index is 2.01. The predicted octanol–water partition coefficient (Wildman–Crippen LogP) is -0.853. The summed E-state index contributed by atoms with van der Waals surface area (Å²) < 4.78 is 21.6. The molecule has 6 heteroatoms. The van der Waals surface area contributed by atoms with E-state index < -0.39 is 9.84 Å². The van der Waals surface area contributed by atoms with Crippen molar-refractivity contribution in [2.75, 3.05) is 31.6 Å². The van der Waals surface area contributed by atoms with Gasteiger partial charge in [0.05, 0.1) is 5.75 Å². The zero-order chi connectivity index (χ0) is 11.3. The monoisotopic (exact) mass is 234 g/mol. The third-order valence-corrected chi connectivity index (χ3v) is 3.38. The second-order valence-electron chi connectivity index (χ2n) is 4.06. The molecule has 1 fully saturated rings. The summed E-state index contributed by atoms with van der Waals surface area (Å²) >= 11 is 0. The van der Waals surface area contributed by atoms with E-state index in [9.17, 15) is 13.2 Å². The summed E-state index contributed by atoms with van der Waals surface area (Å²) in [6, 6.07) is 0. The summed E-state index contributed by atoms with van der Waals surface area (Å²) in [5.74, 6) is 0.619. The molecule has 0 bridgehead atoms. The molecule has 1 aliphatic rings. The van der Waals surface area contributed by atoms with Crippen LogP contribution in [0.5, 0.6) is 0 Å². The predicted molar refractivity (Wildman–Crippen MR) is 58.3 cm³/mol. The molecule has 1 heterocycles. The third-order valence-electron chi connectivity index (χ3n) is 2.35. The lowest BCUT2D eigenvalue weighted by molar-refractivity contribution is -0.122. The smallest absolute Gasteiger partial charge is 0.220 e. The van der Waals surface area contributed by atoms with E-state index in [1.807, 2.05) is 0 Å². The lowest BCUT2D eigenvalue weighted by atomic mass is 9.99. The molecule has 0 spiro atoms. The van der Waals surface area contributed by atoms with E-state index in [-0.39, 0.29) is 11.7 Å². The fourth-order valence-electron chi connectivity index (χ4n) is 1.39. The maximum absolute atomic E-state index is 11.3. The summed E-state index contributed by atoms with van der Waals surface area (Å²) in [6.45, 7) is 2.28. The van der Waals surface area contributed by atoms with Crippen LogP contribution in [0.25, 0.3) is 0 Å². The lowest BCUT2D eigenvalue weighted by Crippen LogP contribution is -2.44. The molecule has 1 saturated heterocycles. The van der Waals surface area contributed by atoms with Gasteiger partial charge < -0.3 is 10.6 Å². The Kier molecular flexibility index (Phi) is 4.53. The molecule has 1 aliphatic heterocycles. The molecule has 15 heavy (non-hydrogen) atoms. The van der Waals surface area contributed by atoms with Crippen LogP contribution in [0.2, 0.25) is 0 Å². The van der Waals surface area contributed by atoms with E-state index in [1.54, 1.807) is 0 Å². The Morgan fingerprint density at radius 3 is 2.60 bits per heavy atom. The topological polar surface area (TPSA) is 75.3 Å². The fraction of sp³-hybridized carbons (Fsp3) is 0.889. The van der Waals surface area contributed by atoms with Crippen molar-refractivity contribution < 1.29 is 13.2 Å². The molecule has 1 rings (SSSR count). The molecule has 88 valence electrons. The number of carbonyl (C=O) groups is 1. The molecule has 0 unspecified atom stereocenters. The number of carbonyl (C=O) groups excluding carboxylic acids is 1. The average Bonchev–Trinajstić information content (AvgIpc) is 2.04. The van der Waals surface area contributed by atoms with Crippen molar-refractivity contribution in [3.05, 3.63) is 0 Å². The average molecular weight is 234 g/mol. The highest BCUT2D eigenvalue weighted by Crippen LogP contribution is 2.07. The number of rotatable bonds is 6. The Labute approximate surface area is 90.5 Å². The van der Waals surface area contributed by atoms with Crippen molar-refractivity contribution in [1.29, 1.82) is 0 Å². The maximum Gasteiger partial charge on any atom is 0.220 e. The van der Waals surface area contributed by atoms with Gasteiger partial charge in [0.15, 0.2) is 0 Å². The standard InChI is InChI=1S/C9H18N2O3S/c1-15(13,14)4-2-3-11-9(12)5-8-6-10-7-8/h8,10H,2-7H2,1H3,(H,11,12). The normalized spacial score (nSPS) is 17.1. The van der Waals surface area contributed by atoms with Crippen molar-refractivity contribution in [2.24, 2.45) is 5.92 Å². The van der Waals surface area contributed by atoms with Gasteiger partial charge in [-0.1, -0.05) is 0 Å². The fourth-order valence-corrected chi connectivity index (χ4v) is 2.06. The molecular weight excluding hydrogens is 216 g/mol. The molecule has 0 aliphatic carbocycles. The van der Waals surface area contributed by atoms with Crippen LogP contribution < -0.4 is 10.6 Å². The zero-order valence-electron chi connectivity index (χ0n) is 8.95. The Morgan fingerprint density at radius 2 is 2.13 bits per heavy atom. The minimum absolute atomic E-state index is 0.0231. The van der Waals surface area contributed by atoms with Crippen molar-refractivity contribution in [1.82, 2.24) is 10.6 Å². The first-order valence-electron chi connectivity index (χ1n) is 5.12. The van der Waals surface area contributed by atoms with Crippen LogP contribution in [-0.4, -0.2) is 46.0 Å². The van der Waals surface area contributed by atoms with Crippen LogP contribution in [-0.2, 0) is 14.6 Å². The number of amides is 1. The number of hydrogen-bond acceptors (Lipinski definition) is 4. The van der Waals surface area contributed by atoms with Crippen molar-refractivity contribution in [2.45, 2.75) is 12.8 Å². The molecule has 0 saturated carbocycles. The highest BCUT2D eigenvalue weighted by Gasteiger charge is 2.19. The van der Waals surface area contributed by atoms with Crippen LogP contribution in [0.15, 0.2) is 0 Å². The van der Waals surface area contributed by atoms with Gasteiger partial charge in [0.1, 0.15) is 9.84 Å². The van der Waals surface area contributed by atoms with Gasteiger partial charge in [-0.05, 0) is 25.4 Å². The van der Waals surface area contributed by atoms with E-state index in [0.29, 0.717) is 25.3 Å². The molecular formula is C9H18N2O3S. The maximum atomic E-state index is 11.3. The molecule has 2 N–H and O–H groups in total. The van der Waals surface area contributed by atoms with Crippen molar-refractivity contribution in [3.63, 3.8) is 0 Å². The highest BCUT2D eigenvalue weighted by molar-refractivity contribution is 7.90. The van der Waals surface area contributed by atoms with Crippen LogP contribution in [0.3, 0.4) is 0 Å².